The first-order valence-corrected chi connectivity index (χ1v) is 8.70. The number of likely N-dealkylation sites (N-methyl/N-ethyl adjacent to an activating group) is 2. The number of likely N-dealkylation sites (tertiary alicyclic amines) is 1. The zero-order chi connectivity index (χ0) is 16.6. The summed E-state index contributed by atoms with van der Waals surface area (Å²) in [6.07, 6.45) is 3.54. The molecule has 1 aliphatic heterocycles. The van der Waals surface area contributed by atoms with Gasteiger partial charge in [0, 0.05) is 32.4 Å². The second-order valence-corrected chi connectivity index (χ2v) is 6.83. The highest BCUT2D eigenvalue weighted by atomic mass is 32.1. The Morgan fingerprint density at radius 2 is 2.17 bits per heavy atom. The molecule has 0 aliphatic carbocycles. The van der Waals surface area contributed by atoms with E-state index in [-0.39, 0.29) is 17.5 Å². The standard InChI is InChI=1S/C15H21N5O2S/c1-4-10-9-12(21)20-14(16-10)23-15(17-20)19(3)11-7-5-6-8-18(2)13(11)22/h9,11H,4-8H2,1-3H3. The summed E-state index contributed by atoms with van der Waals surface area (Å²) in [5.41, 5.74) is 0.588. The normalized spacial score (nSPS) is 19.2. The van der Waals surface area contributed by atoms with Gasteiger partial charge in [0.15, 0.2) is 0 Å². The van der Waals surface area contributed by atoms with Crippen LogP contribution in [-0.2, 0) is 11.2 Å². The summed E-state index contributed by atoms with van der Waals surface area (Å²) in [6, 6.07) is 1.28. The molecule has 8 heteroatoms. The van der Waals surface area contributed by atoms with Gasteiger partial charge < -0.3 is 9.80 Å². The Hall–Kier alpha value is -1.96. The first kappa shape index (κ1) is 15.9. The van der Waals surface area contributed by atoms with Crippen molar-refractivity contribution in [1.29, 1.82) is 0 Å². The van der Waals surface area contributed by atoms with E-state index in [0.717, 1.165) is 31.5 Å². The highest BCUT2D eigenvalue weighted by Gasteiger charge is 2.30. The summed E-state index contributed by atoms with van der Waals surface area (Å²) < 4.78 is 1.32. The van der Waals surface area contributed by atoms with Gasteiger partial charge in [-0.3, -0.25) is 9.59 Å². The van der Waals surface area contributed by atoms with Gasteiger partial charge in [-0.15, -0.1) is 5.10 Å². The molecule has 0 saturated carbocycles. The number of anilines is 1. The van der Waals surface area contributed by atoms with Gasteiger partial charge in [0.1, 0.15) is 6.04 Å². The molecule has 2 aromatic heterocycles. The zero-order valence-corrected chi connectivity index (χ0v) is 14.5. The van der Waals surface area contributed by atoms with Crippen molar-refractivity contribution in [3.05, 3.63) is 22.1 Å². The molecule has 124 valence electrons. The molecule has 0 aromatic carbocycles. The lowest BCUT2D eigenvalue weighted by molar-refractivity contribution is -0.130. The first-order valence-electron chi connectivity index (χ1n) is 7.89. The number of fused-ring (bicyclic) bond motifs is 1. The van der Waals surface area contributed by atoms with Crippen LogP contribution >= 0.6 is 11.3 Å². The van der Waals surface area contributed by atoms with Crippen molar-refractivity contribution in [1.82, 2.24) is 19.5 Å². The molecule has 0 radical (unpaired) electrons. The van der Waals surface area contributed by atoms with Crippen molar-refractivity contribution in [3.63, 3.8) is 0 Å². The lowest BCUT2D eigenvalue weighted by atomic mass is 10.1. The average molecular weight is 335 g/mol. The molecule has 1 saturated heterocycles. The molecule has 2 aromatic rings. The van der Waals surface area contributed by atoms with Gasteiger partial charge in [-0.05, 0) is 25.7 Å². The molecule has 0 N–H and O–H groups in total. The molecule has 0 bridgehead atoms. The van der Waals surface area contributed by atoms with Crippen LogP contribution in [0.2, 0.25) is 0 Å². The van der Waals surface area contributed by atoms with Crippen molar-refractivity contribution in [3.8, 4) is 0 Å². The fraction of sp³-hybridized carbons (Fsp3) is 0.600. The third-order valence-corrected chi connectivity index (χ3v) is 5.30. The van der Waals surface area contributed by atoms with Crippen molar-refractivity contribution in [2.24, 2.45) is 0 Å². The second-order valence-electron chi connectivity index (χ2n) is 5.90. The van der Waals surface area contributed by atoms with Crippen molar-refractivity contribution in [2.75, 3.05) is 25.5 Å². The highest BCUT2D eigenvalue weighted by molar-refractivity contribution is 7.20. The summed E-state index contributed by atoms with van der Waals surface area (Å²) in [6.45, 7) is 2.76. The van der Waals surface area contributed by atoms with Crippen molar-refractivity contribution >= 4 is 27.3 Å². The summed E-state index contributed by atoms with van der Waals surface area (Å²) >= 11 is 1.35. The summed E-state index contributed by atoms with van der Waals surface area (Å²) in [7, 11) is 3.71. The molecule has 7 nitrogen and oxygen atoms in total. The lowest BCUT2D eigenvalue weighted by Crippen LogP contribution is -2.44. The van der Waals surface area contributed by atoms with Gasteiger partial charge in [0.25, 0.3) is 5.56 Å². The lowest BCUT2D eigenvalue weighted by Gasteiger charge is -2.27. The molecular formula is C15H21N5O2S. The van der Waals surface area contributed by atoms with E-state index in [2.05, 4.69) is 10.1 Å². The third kappa shape index (κ3) is 2.95. The number of rotatable bonds is 3. The van der Waals surface area contributed by atoms with Crippen LogP contribution in [0.25, 0.3) is 4.96 Å². The van der Waals surface area contributed by atoms with E-state index < -0.39 is 0 Å². The molecule has 3 heterocycles. The third-order valence-electron chi connectivity index (χ3n) is 4.30. The van der Waals surface area contributed by atoms with Gasteiger partial charge in [0.2, 0.25) is 16.0 Å². The molecule has 1 aliphatic rings. The van der Waals surface area contributed by atoms with Crippen LogP contribution in [0.5, 0.6) is 0 Å². The predicted octanol–water partition coefficient (Wildman–Crippen LogP) is 1.16. The van der Waals surface area contributed by atoms with E-state index >= 15 is 0 Å². The van der Waals surface area contributed by atoms with E-state index in [1.54, 1.807) is 4.90 Å². The maximum Gasteiger partial charge on any atom is 0.275 e. The number of carbonyl (C=O) groups excluding carboxylic acids is 1. The monoisotopic (exact) mass is 335 g/mol. The van der Waals surface area contributed by atoms with Gasteiger partial charge in [-0.25, -0.2) is 4.98 Å². The van der Waals surface area contributed by atoms with E-state index in [9.17, 15) is 9.59 Å². The quantitative estimate of drug-likeness (QED) is 0.842. The van der Waals surface area contributed by atoms with E-state index in [0.29, 0.717) is 16.5 Å². The summed E-state index contributed by atoms with van der Waals surface area (Å²) in [4.78, 5) is 33.3. The molecule has 3 rings (SSSR count). The van der Waals surface area contributed by atoms with Crippen LogP contribution in [0, 0.1) is 0 Å². The summed E-state index contributed by atoms with van der Waals surface area (Å²) in [5.74, 6) is 0.110. The minimum absolute atomic E-state index is 0.110. The van der Waals surface area contributed by atoms with Crippen LogP contribution in [-0.4, -0.2) is 52.1 Å². The topological polar surface area (TPSA) is 70.8 Å². The Kier molecular flexibility index (Phi) is 4.34. The van der Waals surface area contributed by atoms with Crippen LogP contribution in [0.15, 0.2) is 10.9 Å². The molecule has 1 amide bonds. The van der Waals surface area contributed by atoms with E-state index in [4.69, 9.17) is 0 Å². The smallest absolute Gasteiger partial charge is 0.275 e. The Labute approximate surface area is 138 Å². The molecule has 0 spiro atoms. The van der Waals surface area contributed by atoms with E-state index in [1.165, 1.54) is 21.9 Å². The first-order chi connectivity index (χ1) is 11.0. The zero-order valence-electron chi connectivity index (χ0n) is 13.7. The SMILES string of the molecule is CCc1cc(=O)n2nc(N(C)C3CCCCN(C)C3=O)sc2n1. The van der Waals surface area contributed by atoms with Crippen LogP contribution in [0.4, 0.5) is 5.13 Å². The van der Waals surface area contributed by atoms with Gasteiger partial charge in [0.05, 0.1) is 0 Å². The number of aromatic nitrogens is 3. The number of nitrogens with zero attached hydrogens (tertiary/aromatic N) is 5. The Balaban J connectivity index is 1.97. The number of hydrogen-bond donors (Lipinski definition) is 0. The average Bonchev–Trinajstić information content (AvgIpc) is 2.90. The minimum Gasteiger partial charge on any atom is -0.344 e. The Bertz CT molecular complexity index is 784. The largest absolute Gasteiger partial charge is 0.344 e. The molecule has 1 unspecified atom stereocenters. The maximum atomic E-state index is 12.5. The number of carbonyl (C=O) groups is 1. The van der Waals surface area contributed by atoms with Crippen molar-refractivity contribution in [2.45, 2.75) is 38.6 Å². The number of aryl methyl sites for hydroxylation is 1. The minimum atomic E-state index is -0.232. The molecular weight excluding hydrogens is 314 g/mol. The van der Waals surface area contributed by atoms with Gasteiger partial charge in [-0.1, -0.05) is 18.3 Å². The van der Waals surface area contributed by atoms with Crippen LogP contribution in [0.1, 0.15) is 31.9 Å². The number of hydrogen-bond acceptors (Lipinski definition) is 6. The van der Waals surface area contributed by atoms with Crippen LogP contribution < -0.4 is 10.5 Å². The fourth-order valence-corrected chi connectivity index (χ4v) is 3.77. The molecule has 1 fully saturated rings. The Morgan fingerprint density at radius 1 is 1.39 bits per heavy atom. The molecule has 23 heavy (non-hydrogen) atoms. The molecule has 1 atom stereocenters. The maximum absolute atomic E-state index is 12.5. The second kappa shape index (κ2) is 6.27. The predicted molar refractivity (Wildman–Crippen MR) is 90.2 cm³/mol. The fourth-order valence-electron chi connectivity index (χ4n) is 2.84. The van der Waals surface area contributed by atoms with Gasteiger partial charge in [-0.2, -0.15) is 4.52 Å². The Morgan fingerprint density at radius 3 is 2.91 bits per heavy atom. The number of amides is 1. The van der Waals surface area contributed by atoms with Crippen LogP contribution in [0.3, 0.4) is 0 Å². The highest BCUT2D eigenvalue weighted by Crippen LogP contribution is 2.25. The van der Waals surface area contributed by atoms with E-state index in [1.807, 2.05) is 25.9 Å². The van der Waals surface area contributed by atoms with Crippen molar-refractivity contribution < 1.29 is 4.79 Å². The van der Waals surface area contributed by atoms with Gasteiger partial charge >= 0.3 is 0 Å². The summed E-state index contributed by atoms with van der Waals surface area (Å²) in [5, 5.41) is 5.02.